The molecule has 46 heavy (non-hydrogen) atoms. The van der Waals surface area contributed by atoms with Crippen molar-refractivity contribution in [3.8, 4) is 0 Å². The topological polar surface area (TPSA) is 94.6 Å². The van der Waals surface area contributed by atoms with Crippen molar-refractivity contribution >= 4 is 21.8 Å². The van der Waals surface area contributed by atoms with Gasteiger partial charge in [-0.1, -0.05) is 12.1 Å². The van der Waals surface area contributed by atoms with Crippen LogP contribution in [-0.4, -0.2) is 72.6 Å². The number of anilines is 1. The number of carbonyl (C=O) groups is 1. The number of halogens is 6. The Bertz CT molecular complexity index is 1640. The van der Waals surface area contributed by atoms with E-state index in [-0.39, 0.29) is 55.7 Å². The minimum atomic E-state index is -4.14. The van der Waals surface area contributed by atoms with Crippen LogP contribution >= 0.6 is 0 Å². The number of piperazine rings is 1. The predicted octanol–water partition coefficient (Wildman–Crippen LogP) is 4.98. The lowest BCUT2D eigenvalue weighted by Gasteiger charge is -2.37. The first kappa shape index (κ1) is 33.8. The van der Waals surface area contributed by atoms with E-state index in [1.807, 2.05) is 0 Å². The van der Waals surface area contributed by atoms with E-state index in [4.69, 9.17) is 0 Å². The molecule has 0 saturated carbocycles. The van der Waals surface area contributed by atoms with E-state index in [1.54, 1.807) is 0 Å². The molecule has 0 bridgehead atoms. The number of alkyl halides is 2. The minimum absolute atomic E-state index is 0.0684. The Morgan fingerprint density at radius 1 is 1.00 bits per heavy atom. The largest absolute Gasteiger partial charge is 0.324 e. The monoisotopic (exact) mass is 669 g/mol. The first-order valence-corrected chi connectivity index (χ1v) is 16.2. The molecule has 248 valence electrons. The van der Waals surface area contributed by atoms with Crippen LogP contribution < -0.4 is 10.6 Å². The Morgan fingerprint density at radius 3 is 2.39 bits per heavy atom. The molecule has 3 aromatic rings. The summed E-state index contributed by atoms with van der Waals surface area (Å²) >= 11 is 0. The Kier molecular flexibility index (Phi) is 10.3. The molecule has 2 aromatic carbocycles. The summed E-state index contributed by atoms with van der Waals surface area (Å²) < 4.78 is 113. The molecule has 1 amide bonds. The molecule has 5 rings (SSSR count). The van der Waals surface area contributed by atoms with Crippen molar-refractivity contribution in [1.82, 2.24) is 18.9 Å². The summed E-state index contributed by atoms with van der Waals surface area (Å²) in [6.45, 7) is -0.390. The summed E-state index contributed by atoms with van der Waals surface area (Å²) in [5.41, 5.74) is 0.766. The van der Waals surface area contributed by atoms with E-state index in [1.165, 1.54) is 34.8 Å². The van der Waals surface area contributed by atoms with E-state index in [0.29, 0.717) is 24.6 Å². The fourth-order valence-corrected chi connectivity index (χ4v) is 7.82. The van der Waals surface area contributed by atoms with Gasteiger partial charge in [0.1, 0.15) is 23.3 Å². The molecule has 1 aromatic heterocycles. The van der Waals surface area contributed by atoms with Gasteiger partial charge in [0.05, 0.1) is 24.6 Å². The summed E-state index contributed by atoms with van der Waals surface area (Å²) in [6, 6.07) is 7.45. The predicted molar refractivity (Wildman–Crippen MR) is 158 cm³/mol. The number of rotatable bonds is 11. The SMILES string of the molecule is O=C(CC(c1ccc(F)cc1)c1cc(F)cc(F)c1)Nc1cncc(F)c1CCCC1CNCCN1S(=O)(=O)N1CCC(F)(F)C1. The van der Waals surface area contributed by atoms with Crippen LogP contribution in [0.15, 0.2) is 54.9 Å². The summed E-state index contributed by atoms with van der Waals surface area (Å²) in [5, 5.41) is 5.74. The van der Waals surface area contributed by atoms with Crippen molar-refractivity contribution in [1.29, 1.82) is 0 Å². The molecule has 2 N–H and O–H groups in total. The first-order chi connectivity index (χ1) is 21.8. The summed E-state index contributed by atoms with van der Waals surface area (Å²) in [4.78, 5) is 17.1. The zero-order valence-corrected chi connectivity index (χ0v) is 25.5. The van der Waals surface area contributed by atoms with Crippen molar-refractivity contribution in [2.24, 2.45) is 0 Å². The van der Waals surface area contributed by atoms with E-state index < -0.39 is 70.2 Å². The van der Waals surface area contributed by atoms with E-state index in [9.17, 15) is 39.6 Å². The van der Waals surface area contributed by atoms with Gasteiger partial charge < -0.3 is 10.6 Å². The highest BCUT2D eigenvalue weighted by Crippen LogP contribution is 2.33. The lowest BCUT2D eigenvalue weighted by atomic mass is 9.88. The van der Waals surface area contributed by atoms with Gasteiger partial charge in [0.25, 0.3) is 16.1 Å². The molecule has 0 aliphatic carbocycles. The standard InChI is InChI=1S/C31H33F6N5O3S/c32-22-6-4-20(5-7-22)27(21-12-23(33)14-24(34)13-21)15-30(43)40-29-18-39-17-28(35)26(29)3-1-2-25-16-38-9-11-42(25)46(44,45)41-10-8-31(36,37)19-41/h4-7,12-14,17-18,25,27,38H,1-3,8-11,15-16,19H2,(H,40,43). The zero-order valence-electron chi connectivity index (χ0n) is 24.7. The molecule has 2 saturated heterocycles. The van der Waals surface area contributed by atoms with E-state index in [0.717, 1.165) is 22.6 Å². The van der Waals surface area contributed by atoms with Gasteiger partial charge in [0, 0.05) is 62.6 Å². The quantitative estimate of drug-likeness (QED) is 0.281. The molecule has 2 atom stereocenters. The van der Waals surface area contributed by atoms with Crippen LogP contribution in [0.5, 0.6) is 0 Å². The second kappa shape index (κ2) is 14.1. The molecular formula is C31H33F6N5O3S. The van der Waals surface area contributed by atoms with Gasteiger partial charge in [-0.25, -0.2) is 26.3 Å². The lowest BCUT2D eigenvalue weighted by Crippen LogP contribution is -2.57. The highest BCUT2D eigenvalue weighted by Gasteiger charge is 2.46. The van der Waals surface area contributed by atoms with Crippen molar-refractivity contribution in [3.05, 3.63) is 94.8 Å². The normalized spacial score (nSPS) is 19.7. The fraction of sp³-hybridized carbons (Fsp3) is 0.419. The summed E-state index contributed by atoms with van der Waals surface area (Å²) in [5.74, 6) is -7.50. The van der Waals surface area contributed by atoms with Crippen LogP contribution in [0.1, 0.15) is 48.3 Å². The third-order valence-electron chi connectivity index (χ3n) is 8.25. The molecule has 3 heterocycles. The Labute approximate surface area is 263 Å². The molecule has 0 radical (unpaired) electrons. The number of amides is 1. The summed E-state index contributed by atoms with van der Waals surface area (Å²) in [6.07, 6.45) is 2.05. The average molecular weight is 670 g/mol. The second-order valence-electron chi connectivity index (χ2n) is 11.5. The molecule has 2 fully saturated rings. The van der Waals surface area contributed by atoms with Gasteiger partial charge in [-0.05, 0) is 54.7 Å². The number of pyridine rings is 1. The molecule has 0 spiro atoms. The van der Waals surface area contributed by atoms with Crippen LogP contribution in [-0.2, 0) is 21.4 Å². The van der Waals surface area contributed by atoms with Crippen LogP contribution in [0.3, 0.4) is 0 Å². The summed E-state index contributed by atoms with van der Waals surface area (Å²) in [7, 11) is -4.14. The Balaban J connectivity index is 1.28. The Morgan fingerprint density at radius 2 is 1.72 bits per heavy atom. The van der Waals surface area contributed by atoms with Gasteiger partial charge in [0.2, 0.25) is 5.91 Å². The third-order valence-corrected chi connectivity index (χ3v) is 10.3. The molecule has 2 aliphatic heterocycles. The highest BCUT2D eigenvalue weighted by atomic mass is 32.2. The Hall–Kier alpha value is -3.53. The van der Waals surface area contributed by atoms with Gasteiger partial charge in [0.15, 0.2) is 0 Å². The van der Waals surface area contributed by atoms with Crippen LogP contribution in [0.4, 0.5) is 32.0 Å². The fourth-order valence-electron chi connectivity index (χ4n) is 5.97. The molecule has 8 nitrogen and oxygen atoms in total. The van der Waals surface area contributed by atoms with Crippen LogP contribution in [0, 0.1) is 23.3 Å². The van der Waals surface area contributed by atoms with Crippen LogP contribution in [0.2, 0.25) is 0 Å². The van der Waals surface area contributed by atoms with Gasteiger partial charge in [-0.15, -0.1) is 0 Å². The number of benzene rings is 2. The van der Waals surface area contributed by atoms with Gasteiger partial charge in [-0.2, -0.15) is 17.0 Å². The maximum absolute atomic E-state index is 15.0. The maximum Gasteiger partial charge on any atom is 0.282 e. The first-order valence-electron chi connectivity index (χ1n) is 14.8. The zero-order chi connectivity index (χ0) is 33.1. The number of hydrogen-bond donors (Lipinski definition) is 2. The van der Waals surface area contributed by atoms with Crippen molar-refractivity contribution < 1.29 is 39.6 Å². The number of aromatic nitrogens is 1. The smallest absolute Gasteiger partial charge is 0.282 e. The van der Waals surface area contributed by atoms with Crippen LogP contribution in [0.25, 0.3) is 0 Å². The van der Waals surface area contributed by atoms with Crippen molar-refractivity contribution in [2.75, 3.05) is 38.0 Å². The second-order valence-corrected chi connectivity index (χ2v) is 13.4. The molecule has 2 aliphatic rings. The molecule has 15 heteroatoms. The minimum Gasteiger partial charge on any atom is -0.324 e. The number of carbonyl (C=O) groups excluding carboxylic acids is 1. The van der Waals surface area contributed by atoms with E-state index in [2.05, 4.69) is 15.6 Å². The third kappa shape index (κ3) is 8.06. The lowest BCUT2D eigenvalue weighted by molar-refractivity contribution is -0.116. The van der Waals surface area contributed by atoms with E-state index >= 15 is 0 Å². The van der Waals surface area contributed by atoms with Gasteiger partial charge >= 0.3 is 0 Å². The van der Waals surface area contributed by atoms with Crippen molar-refractivity contribution in [2.45, 2.75) is 50.0 Å². The molecular weight excluding hydrogens is 636 g/mol. The van der Waals surface area contributed by atoms with Crippen molar-refractivity contribution in [3.63, 3.8) is 0 Å². The average Bonchev–Trinajstić information content (AvgIpc) is 3.38. The molecule has 2 unspecified atom stereocenters. The number of nitrogens with zero attached hydrogens (tertiary/aromatic N) is 3. The van der Waals surface area contributed by atoms with Gasteiger partial charge in [-0.3, -0.25) is 9.78 Å². The number of hydrogen-bond acceptors (Lipinski definition) is 5. The maximum atomic E-state index is 15.0. The highest BCUT2D eigenvalue weighted by molar-refractivity contribution is 7.86. The number of nitrogens with one attached hydrogen (secondary N) is 2.